The average molecular weight is 245 g/mol. The Hall–Kier alpha value is -2.10. The molecule has 0 atom stereocenters. The van der Waals surface area contributed by atoms with Crippen LogP contribution in [-0.4, -0.2) is 15.7 Å². The van der Waals surface area contributed by atoms with E-state index in [0.29, 0.717) is 11.4 Å². The molecule has 0 spiro atoms. The molecule has 0 aliphatic rings. The van der Waals surface area contributed by atoms with E-state index in [4.69, 9.17) is 0 Å². The number of carbonyl (C=O) groups is 1. The van der Waals surface area contributed by atoms with Crippen molar-refractivity contribution in [3.63, 3.8) is 0 Å². The van der Waals surface area contributed by atoms with Gasteiger partial charge in [-0.15, -0.1) is 0 Å². The molecule has 1 heterocycles. The fourth-order valence-electron chi connectivity index (χ4n) is 1.73. The smallest absolute Gasteiger partial charge is 0.256 e. The molecule has 0 aliphatic heterocycles. The molecule has 4 nitrogen and oxygen atoms in total. The van der Waals surface area contributed by atoms with E-state index in [0.717, 1.165) is 18.5 Å². The van der Waals surface area contributed by atoms with Gasteiger partial charge in [-0.2, -0.15) is 5.10 Å². The molecule has 1 aromatic heterocycles. The van der Waals surface area contributed by atoms with Crippen molar-refractivity contribution in [3.05, 3.63) is 47.7 Å². The minimum atomic E-state index is -0.119. The number of anilines is 1. The standard InChI is InChI=1S/C14H17N3O.H2/c1-3-11-6-5-7-12(10-11)14(18)15-13-8-9-17(4-2)16-13;/h5-10H,3-4H2,1-2H3,(H,15,16,18);1H. The van der Waals surface area contributed by atoms with Gasteiger partial charge in [-0.05, 0) is 31.0 Å². The van der Waals surface area contributed by atoms with Crippen LogP contribution in [0, 0.1) is 0 Å². The number of benzene rings is 1. The van der Waals surface area contributed by atoms with Gasteiger partial charge in [0.1, 0.15) is 0 Å². The predicted molar refractivity (Wildman–Crippen MR) is 73.8 cm³/mol. The molecular formula is C14H19N3O. The van der Waals surface area contributed by atoms with Gasteiger partial charge in [-0.1, -0.05) is 19.1 Å². The minimum Gasteiger partial charge on any atom is -0.305 e. The Bertz CT molecular complexity index is 551. The molecule has 0 radical (unpaired) electrons. The van der Waals surface area contributed by atoms with Gasteiger partial charge in [-0.3, -0.25) is 9.48 Å². The van der Waals surface area contributed by atoms with Crippen molar-refractivity contribution in [1.29, 1.82) is 0 Å². The van der Waals surface area contributed by atoms with Crippen LogP contribution in [0.15, 0.2) is 36.5 Å². The Morgan fingerprint density at radius 2 is 2.22 bits per heavy atom. The van der Waals surface area contributed by atoms with Gasteiger partial charge >= 0.3 is 0 Å². The van der Waals surface area contributed by atoms with Gasteiger partial charge in [0.2, 0.25) is 0 Å². The molecule has 1 amide bonds. The molecule has 2 rings (SSSR count). The van der Waals surface area contributed by atoms with Crippen molar-refractivity contribution in [1.82, 2.24) is 9.78 Å². The van der Waals surface area contributed by atoms with Crippen molar-refractivity contribution >= 4 is 11.7 Å². The molecule has 2 aromatic rings. The lowest BCUT2D eigenvalue weighted by atomic mass is 10.1. The zero-order valence-electron chi connectivity index (χ0n) is 10.7. The third-order valence-corrected chi connectivity index (χ3v) is 2.80. The SMILES string of the molecule is CCc1cccc(C(=O)Nc2ccn(CC)n2)c1.[HH]. The van der Waals surface area contributed by atoms with E-state index in [-0.39, 0.29) is 7.33 Å². The van der Waals surface area contributed by atoms with Gasteiger partial charge in [0.05, 0.1) is 0 Å². The molecule has 0 bridgehead atoms. The summed E-state index contributed by atoms with van der Waals surface area (Å²) in [6, 6.07) is 9.43. The van der Waals surface area contributed by atoms with Gasteiger partial charge in [-0.25, -0.2) is 0 Å². The van der Waals surface area contributed by atoms with Crippen LogP contribution >= 0.6 is 0 Å². The van der Waals surface area contributed by atoms with Gasteiger partial charge in [0.15, 0.2) is 5.82 Å². The molecule has 96 valence electrons. The summed E-state index contributed by atoms with van der Waals surface area (Å²) < 4.78 is 1.78. The highest BCUT2D eigenvalue weighted by Gasteiger charge is 2.07. The first-order chi connectivity index (χ1) is 8.72. The summed E-state index contributed by atoms with van der Waals surface area (Å²) in [5, 5.41) is 7.01. The number of amides is 1. The molecule has 0 saturated heterocycles. The zero-order chi connectivity index (χ0) is 13.0. The summed E-state index contributed by atoms with van der Waals surface area (Å²) in [6.45, 7) is 4.87. The Balaban J connectivity index is 0.00000180. The molecule has 0 saturated carbocycles. The third kappa shape index (κ3) is 2.77. The van der Waals surface area contributed by atoms with E-state index < -0.39 is 0 Å². The maximum atomic E-state index is 12.0. The summed E-state index contributed by atoms with van der Waals surface area (Å²) >= 11 is 0. The molecular weight excluding hydrogens is 226 g/mol. The summed E-state index contributed by atoms with van der Waals surface area (Å²) in [4.78, 5) is 12.0. The number of carbonyl (C=O) groups excluding carboxylic acids is 1. The van der Waals surface area contributed by atoms with Crippen molar-refractivity contribution in [3.8, 4) is 0 Å². The number of nitrogens with one attached hydrogen (secondary N) is 1. The third-order valence-electron chi connectivity index (χ3n) is 2.80. The van der Waals surface area contributed by atoms with E-state index >= 15 is 0 Å². The Kier molecular flexibility index (Phi) is 3.77. The molecule has 1 N–H and O–H groups in total. The first-order valence-electron chi connectivity index (χ1n) is 6.16. The second kappa shape index (κ2) is 5.49. The minimum absolute atomic E-state index is 0. The van der Waals surface area contributed by atoms with Crippen molar-refractivity contribution < 1.29 is 6.22 Å². The molecule has 0 fully saturated rings. The van der Waals surface area contributed by atoms with Crippen LogP contribution < -0.4 is 5.32 Å². The highest BCUT2D eigenvalue weighted by Crippen LogP contribution is 2.09. The summed E-state index contributed by atoms with van der Waals surface area (Å²) in [5.41, 5.74) is 1.82. The fraction of sp³-hybridized carbons (Fsp3) is 0.286. The Morgan fingerprint density at radius 1 is 1.39 bits per heavy atom. The number of nitrogens with zero attached hydrogens (tertiary/aromatic N) is 2. The molecule has 0 unspecified atom stereocenters. The molecule has 18 heavy (non-hydrogen) atoms. The number of rotatable bonds is 4. The topological polar surface area (TPSA) is 46.9 Å². The lowest BCUT2D eigenvalue weighted by molar-refractivity contribution is 0.102. The van der Waals surface area contributed by atoms with Crippen LogP contribution in [0.4, 0.5) is 5.82 Å². The first kappa shape index (κ1) is 12.4. The fourth-order valence-corrected chi connectivity index (χ4v) is 1.73. The predicted octanol–water partition coefficient (Wildman–Crippen LogP) is 2.96. The van der Waals surface area contributed by atoms with E-state index in [2.05, 4.69) is 17.3 Å². The Morgan fingerprint density at radius 3 is 2.89 bits per heavy atom. The second-order valence-electron chi connectivity index (χ2n) is 4.06. The highest BCUT2D eigenvalue weighted by atomic mass is 16.1. The molecule has 4 heteroatoms. The largest absolute Gasteiger partial charge is 0.305 e. The van der Waals surface area contributed by atoms with Crippen LogP contribution in [0.1, 0.15) is 31.2 Å². The van der Waals surface area contributed by atoms with Crippen LogP contribution in [-0.2, 0) is 13.0 Å². The van der Waals surface area contributed by atoms with Crippen LogP contribution in [0.2, 0.25) is 0 Å². The number of aromatic nitrogens is 2. The Labute approximate surface area is 108 Å². The normalized spacial score (nSPS) is 10.3. The zero-order valence-corrected chi connectivity index (χ0v) is 10.7. The van der Waals surface area contributed by atoms with Crippen LogP contribution in [0.25, 0.3) is 0 Å². The molecule has 0 aliphatic carbocycles. The van der Waals surface area contributed by atoms with Crippen LogP contribution in [0.3, 0.4) is 0 Å². The highest BCUT2D eigenvalue weighted by molar-refractivity contribution is 6.03. The van der Waals surface area contributed by atoms with Crippen molar-refractivity contribution in [2.24, 2.45) is 0 Å². The maximum Gasteiger partial charge on any atom is 0.256 e. The van der Waals surface area contributed by atoms with Gasteiger partial charge in [0.25, 0.3) is 5.91 Å². The lowest BCUT2D eigenvalue weighted by Crippen LogP contribution is -2.13. The van der Waals surface area contributed by atoms with E-state index in [9.17, 15) is 4.79 Å². The quantitative estimate of drug-likeness (QED) is 0.900. The van der Waals surface area contributed by atoms with Gasteiger partial charge in [0, 0.05) is 25.8 Å². The lowest BCUT2D eigenvalue weighted by Gasteiger charge is -2.04. The second-order valence-corrected chi connectivity index (χ2v) is 4.06. The van der Waals surface area contributed by atoms with Crippen LogP contribution in [0.5, 0.6) is 0 Å². The van der Waals surface area contributed by atoms with E-state index in [1.165, 1.54) is 0 Å². The first-order valence-corrected chi connectivity index (χ1v) is 6.16. The summed E-state index contributed by atoms with van der Waals surface area (Å²) in [7, 11) is 0. The average Bonchev–Trinajstić information content (AvgIpc) is 2.86. The molecule has 1 aromatic carbocycles. The maximum absolute atomic E-state index is 12.0. The monoisotopic (exact) mass is 245 g/mol. The number of hydrogen-bond donors (Lipinski definition) is 1. The van der Waals surface area contributed by atoms with E-state index in [1.54, 1.807) is 10.7 Å². The summed E-state index contributed by atoms with van der Waals surface area (Å²) in [6.07, 6.45) is 2.77. The van der Waals surface area contributed by atoms with Crippen molar-refractivity contribution in [2.45, 2.75) is 26.8 Å². The van der Waals surface area contributed by atoms with E-state index in [1.807, 2.05) is 37.4 Å². The van der Waals surface area contributed by atoms with Crippen molar-refractivity contribution in [2.75, 3.05) is 5.32 Å². The number of hydrogen-bond acceptors (Lipinski definition) is 2. The summed E-state index contributed by atoms with van der Waals surface area (Å²) in [5.74, 6) is 0.468. The number of aryl methyl sites for hydroxylation is 2. The van der Waals surface area contributed by atoms with Gasteiger partial charge < -0.3 is 5.32 Å².